The van der Waals surface area contributed by atoms with Crippen molar-refractivity contribution in [1.29, 1.82) is 0 Å². The Morgan fingerprint density at radius 3 is 2.62 bits per heavy atom. The first kappa shape index (κ1) is 27.3. The molecule has 2 aromatic carbocycles. The first-order chi connectivity index (χ1) is 19.4. The zero-order valence-electron chi connectivity index (χ0n) is 22.4. The maximum absolute atomic E-state index is 13.0. The van der Waals surface area contributed by atoms with E-state index >= 15 is 0 Å². The van der Waals surface area contributed by atoms with Gasteiger partial charge >= 0.3 is 0 Å². The number of piperidine rings is 1. The van der Waals surface area contributed by atoms with Crippen molar-refractivity contribution in [3.8, 4) is 11.5 Å². The molecule has 2 atom stereocenters. The number of hydrogen-bond donors (Lipinski definition) is 1. The summed E-state index contributed by atoms with van der Waals surface area (Å²) in [6.45, 7) is 1.41. The van der Waals surface area contributed by atoms with Crippen LogP contribution in [-0.2, 0) is 38.7 Å². The summed E-state index contributed by atoms with van der Waals surface area (Å²) in [6, 6.07) is 14.9. The largest absolute Gasteiger partial charge is 0.457 e. The van der Waals surface area contributed by atoms with E-state index < -0.39 is 6.04 Å². The van der Waals surface area contributed by atoms with Gasteiger partial charge in [0.2, 0.25) is 17.7 Å². The van der Waals surface area contributed by atoms with Gasteiger partial charge in [-0.05, 0) is 58.7 Å². The van der Waals surface area contributed by atoms with Gasteiger partial charge in [0.1, 0.15) is 17.8 Å². The molecule has 12 heteroatoms. The highest BCUT2D eigenvalue weighted by Crippen LogP contribution is 2.25. The van der Waals surface area contributed by atoms with Gasteiger partial charge in [-0.25, -0.2) is 4.68 Å². The number of amides is 3. The first-order valence-electron chi connectivity index (χ1n) is 13.4. The number of tetrazole rings is 1. The lowest BCUT2D eigenvalue weighted by molar-refractivity contribution is -0.139. The van der Waals surface area contributed by atoms with Crippen LogP contribution in [0.2, 0.25) is 0 Å². The number of nitrogens with zero attached hydrogens (tertiary/aromatic N) is 6. The van der Waals surface area contributed by atoms with Gasteiger partial charge in [-0.1, -0.05) is 24.3 Å². The highest BCUT2D eigenvalue weighted by atomic mass is 16.5. The van der Waals surface area contributed by atoms with Crippen molar-refractivity contribution in [3.63, 3.8) is 0 Å². The van der Waals surface area contributed by atoms with Crippen LogP contribution in [0.5, 0.6) is 11.5 Å². The van der Waals surface area contributed by atoms with E-state index in [0.29, 0.717) is 50.6 Å². The van der Waals surface area contributed by atoms with E-state index in [1.54, 1.807) is 11.9 Å². The lowest BCUT2D eigenvalue weighted by Crippen LogP contribution is -2.58. The zero-order valence-corrected chi connectivity index (χ0v) is 22.4. The number of hydrogen-bond acceptors (Lipinski definition) is 8. The topological polar surface area (TPSA) is 132 Å². The van der Waals surface area contributed by atoms with Crippen molar-refractivity contribution < 1.29 is 23.9 Å². The molecule has 0 radical (unpaired) electrons. The molecule has 3 aromatic rings. The van der Waals surface area contributed by atoms with Crippen LogP contribution in [0.4, 0.5) is 0 Å². The third kappa shape index (κ3) is 7.20. The van der Waals surface area contributed by atoms with Crippen LogP contribution in [0, 0.1) is 0 Å². The Bertz CT molecular complexity index is 1330. The maximum Gasteiger partial charge on any atom is 0.239 e. The number of likely N-dealkylation sites (N-methyl/N-ethyl adjacent to an activating group) is 1. The van der Waals surface area contributed by atoms with Crippen molar-refractivity contribution in [3.05, 3.63) is 66.0 Å². The molecule has 5 rings (SSSR count). The SMILES string of the molecule is CN1CC(=O)N[C@H]2CN(C(=O)CCn3cnnn3)CC[C@H]2OCc2cccc(c2)Oc2cccc(c2)CCC1=O. The molecular formula is C28H33N7O5. The fourth-order valence-corrected chi connectivity index (χ4v) is 4.95. The highest BCUT2D eigenvalue weighted by molar-refractivity contribution is 5.85. The van der Waals surface area contributed by atoms with Gasteiger partial charge in [0.25, 0.3) is 0 Å². The highest BCUT2D eigenvalue weighted by Gasteiger charge is 2.33. The summed E-state index contributed by atoms with van der Waals surface area (Å²) in [6.07, 6.45) is 2.74. The Kier molecular flexibility index (Phi) is 8.65. The Morgan fingerprint density at radius 2 is 1.85 bits per heavy atom. The normalized spacial score (nSPS) is 20.5. The Morgan fingerprint density at radius 1 is 1.07 bits per heavy atom. The predicted octanol–water partition coefficient (Wildman–Crippen LogP) is 1.56. The summed E-state index contributed by atoms with van der Waals surface area (Å²) < 4.78 is 13.9. The van der Waals surface area contributed by atoms with Crippen molar-refractivity contribution in [2.75, 3.05) is 26.7 Å². The van der Waals surface area contributed by atoms with Gasteiger partial charge in [-0.15, -0.1) is 5.10 Å². The average molecular weight is 548 g/mol. The minimum atomic E-state index is -0.431. The number of ether oxygens (including phenoxy) is 2. The predicted molar refractivity (Wildman–Crippen MR) is 143 cm³/mol. The quantitative estimate of drug-likeness (QED) is 0.523. The molecule has 1 N–H and O–H groups in total. The molecule has 1 fully saturated rings. The van der Waals surface area contributed by atoms with Gasteiger partial charge in [-0.2, -0.15) is 0 Å². The van der Waals surface area contributed by atoms with E-state index in [0.717, 1.165) is 11.1 Å². The fraction of sp³-hybridized carbons (Fsp3) is 0.429. The van der Waals surface area contributed by atoms with Crippen LogP contribution in [0.25, 0.3) is 0 Å². The summed E-state index contributed by atoms with van der Waals surface area (Å²) >= 11 is 0. The van der Waals surface area contributed by atoms with Crippen LogP contribution in [0.15, 0.2) is 54.9 Å². The molecular weight excluding hydrogens is 514 g/mol. The maximum atomic E-state index is 13.0. The van der Waals surface area contributed by atoms with Crippen LogP contribution in [-0.4, -0.2) is 86.6 Å². The second-order valence-electron chi connectivity index (χ2n) is 10.1. The molecule has 12 nitrogen and oxygen atoms in total. The molecule has 1 saturated heterocycles. The monoisotopic (exact) mass is 547 g/mol. The molecule has 3 amide bonds. The van der Waals surface area contributed by atoms with E-state index in [1.807, 2.05) is 48.5 Å². The molecule has 2 aliphatic heterocycles. The summed E-state index contributed by atoms with van der Waals surface area (Å²) in [4.78, 5) is 41.9. The van der Waals surface area contributed by atoms with Gasteiger partial charge in [-0.3, -0.25) is 14.4 Å². The van der Waals surface area contributed by atoms with Crippen molar-refractivity contribution >= 4 is 17.7 Å². The lowest BCUT2D eigenvalue weighted by Gasteiger charge is -2.39. The van der Waals surface area contributed by atoms with Crippen LogP contribution in [0.1, 0.15) is 30.4 Å². The van der Waals surface area contributed by atoms with Gasteiger partial charge < -0.3 is 24.6 Å². The third-order valence-electron chi connectivity index (χ3n) is 7.13. The molecule has 4 bridgehead atoms. The molecule has 2 aliphatic rings. The minimum Gasteiger partial charge on any atom is -0.457 e. The number of carbonyl (C=O) groups excluding carboxylic acids is 3. The summed E-state index contributed by atoms with van der Waals surface area (Å²) in [7, 11) is 1.62. The number of aromatic nitrogens is 4. The number of carbonyl (C=O) groups is 3. The molecule has 0 saturated carbocycles. The molecule has 1 aromatic heterocycles. The van der Waals surface area contributed by atoms with Gasteiger partial charge in [0.05, 0.1) is 31.8 Å². The number of likely N-dealkylation sites (tertiary alicyclic amines) is 1. The second kappa shape index (κ2) is 12.7. The summed E-state index contributed by atoms with van der Waals surface area (Å²) in [5.74, 6) is 0.891. The number of benzene rings is 2. The summed E-state index contributed by atoms with van der Waals surface area (Å²) in [5.41, 5.74) is 1.91. The standard InChI is InChI=1S/C28H33N7O5/c1-33-17-26(36)30-24-16-34(28(38)11-13-35-19-29-31-32-35)12-10-25(24)39-18-21-5-3-7-23(15-21)40-22-6-2-4-20(14-22)8-9-27(33)37/h2-7,14-15,19,24-25H,8-13,16-18H2,1H3,(H,30,36)/t24-,25+/m0/s1. The average Bonchev–Trinajstić information content (AvgIpc) is 3.47. The number of rotatable bonds is 3. The lowest BCUT2D eigenvalue weighted by atomic mass is 10.0. The minimum absolute atomic E-state index is 0.0528. The second-order valence-corrected chi connectivity index (χ2v) is 10.1. The van der Waals surface area contributed by atoms with E-state index in [1.165, 1.54) is 15.9 Å². The van der Waals surface area contributed by atoms with Crippen molar-refractivity contribution in [2.24, 2.45) is 0 Å². The molecule has 0 unspecified atom stereocenters. The number of aryl methyl sites for hydroxylation is 2. The zero-order chi connectivity index (χ0) is 27.9. The van der Waals surface area contributed by atoms with Crippen LogP contribution in [0.3, 0.4) is 0 Å². The Balaban J connectivity index is 1.32. The molecule has 210 valence electrons. The molecule has 0 aliphatic carbocycles. The van der Waals surface area contributed by atoms with Gasteiger partial charge in [0.15, 0.2) is 0 Å². The summed E-state index contributed by atoms with van der Waals surface area (Å²) in [5, 5.41) is 14.0. The van der Waals surface area contributed by atoms with E-state index in [9.17, 15) is 14.4 Å². The van der Waals surface area contributed by atoms with E-state index in [-0.39, 0.29) is 43.2 Å². The van der Waals surface area contributed by atoms with E-state index in [4.69, 9.17) is 9.47 Å². The van der Waals surface area contributed by atoms with Crippen LogP contribution < -0.4 is 10.1 Å². The van der Waals surface area contributed by atoms with Crippen LogP contribution >= 0.6 is 0 Å². The van der Waals surface area contributed by atoms with E-state index in [2.05, 4.69) is 20.8 Å². The molecule has 3 heterocycles. The van der Waals surface area contributed by atoms with Crippen molar-refractivity contribution in [2.45, 2.75) is 51.0 Å². The molecule has 40 heavy (non-hydrogen) atoms. The molecule has 0 spiro atoms. The van der Waals surface area contributed by atoms with Crippen molar-refractivity contribution in [1.82, 2.24) is 35.3 Å². The van der Waals surface area contributed by atoms with Gasteiger partial charge in [0, 0.05) is 33.0 Å². The first-order valence-corrected chi connectivity index (χ1v) is 13.4. The fourth-order valence-electron chi connectivity index (χ4n) is 4.95. The Hall–Kier alpha value is -4.32. The number of nitrogens with one attached hydrogen (secondary N) is 1. The number of fused-ring (bicyclic) bond motifs is 5. The third-order valence-corrected chi connectivity index (χ3v) is 7.13. The Labute approximate surface area is 232 Å². The smallest absolute Gasteiger partial charge is 0.239 e.